The molecule has 1 aromatic rings. The molecule has 2 heterocycles. The van der Waals surface area contributed by atoms with Gasteiger partial charge in [0.1, 0.15) is 0 Å². The van der Waals surface area contributed by atoms with Crippen molar-refractivity contribution in [3.05, 3.63) is 34.4 Å². The summed E-state index contributed by atoms with van der Waals surface area (Å²) in [5.74, 6) is 0.666. The first-order valence-electron chi connectivity index (χ1n) is 14.6. The van der Waals surface area contributed by atoms with Crippen molar-refractivity contribution in [2.75, 3.05) is 19.6 Å². The number of amides is 1. The average Bonchev–Trinajstić information content (AvgIpc) is 3.46. The third kappa shape index (κ3) is 3.86. The zero-order chi connectivity index (χ0) is 26.1. The minimum absolute atomic E-state index is 0.0188. The second-order valence-corrected chi connectivity index (χ2v) is 13.6. The maximum atomic E-state index is 12.7. The van der Waals surface area contributed by atoms with Crippen LogP contribution in [0.25, 0.3) is 0 Å². The number of nitrogens with one attached hydrogen (secondary N) is 1. The molecule has 3 N–H and O–H groups in total. The van der Waals surface area contributed by atoms with Crippen LogP contribution in [0.15, 0.2) is 27.6 Å². The van der Waals surface area contributed by atoms with Gasteiger partial charge in [-0.1, -0.05) is 13.8 Å². The fourth-order valence-electron chi connectivity index (χ4n) is 9.87. The van der Waals surface area contributed by atoms with E-state index in [-0.39, 0.29) is 46.2 Å². The van der Waals surface area contributed by atoms with E-state index in [0.29, 0.717) is 19.4 Å². The van der Waals surface area contributed by atoms with Gasteiger partial charge in [0.15, 0.2) is 0 Å². The van der Waals surface area contributed by atoms with Gasteiger partial charge < -0.3 is 19.9 Å². The van der Waals surface area contributed by atoms with E-state index in [1.807, 2.05) is 6.07 Å². The molecule has 5 aliphatic rings. The molecule has 7 nitrogen and oxygen atoms in total. The zero-order valence-electron chi connectivity index (χ0n) is 22.5. The number of fused-ring (bicyclic) bond motifs is 5. The lowest BCUT2D eigenvalue weighted by atomic mass is 9.42. The first-order valence-corrected chi connectivity index (χ1v) is 14.6. The van der Waals surface area contributed by atoms with E-state index in [1.54, 1.807) is 6.26 Å². The Bertz CT molecular complexity index is 1080. The number of carbonyl (C=O) groups is 1. The molecule has 1 aliphatic heterocycles. The number of hydrogen-bond acceptors (Lipinski definition) is 6. The highest BCUT2D eigenvalue weighted by Crippen LogP contribution is 2.71. The Labute approximate surface area is 220 Å². The van der Waals surface area contributed by atoms with Crippen LogP contribution in [0.4, 0.5) is 0 Å². The first-order chi connectivity index (χ1) is 17.6. The molecule has 0 bridgehead atoms. The van der Waals surface area contributed by atoms with Crippen molar-refractivity contribution in [1.29, 1.82) is 0 Å². The molecule has 1 saturated heterocycles. The van der Waals surface area contributed by atoms with Gasteiger partial charge in [0.05, 0.1) is 24.0 Å². The molecule has 5 fully saturated rings. The highest BCUT2D eigenvalue weighted by Gasteiger charge is 2.69. The number of hydrogen-bond donors (Lipinski definition) is 3. The lowest BCUT2D eigenvalue weighted by Crippen LogP contribution is -2.68. The summed E-state index contributed by atoms with van der Waals surface area (Å²) in [5.41, 5.74) is -1.47. The standard InChI is InChI=1S/C30H44N2O5/c1-27-11-7-21(31-25(33)18-32-15-3-4-16-32)17-29(27,35)13-9-24-23(27)8-12-28(2)22(10-14-30(24,28)36)20-5-6-26(34)37-19-20/h5-6,19,21-24,35-36H,3-4,7-18H2,1-2H3,(H,31,33)/t21-,22+,23-,24+,27+,28+,29-,30-/m0/s1. The van der Waals surface area contributed by atoms with Crippen LogP contribution in [0, 0.1) is 22.7 Å². The molecule has 37 heavy (non-hydrogen) atoms. The normalized spacial score (nSPS) is 45.6. The van der Waals surface area contributed by atoms with E-state index in [1.165, 1.54) is 18.9 Å². The summed E-state index contributed by atoms with van der Waals surface area (Å²) in [6.07, 6.45) is 11.3. The third-order valence-electron chi connectivity index (χ3n) is 12.0. The fourth-order valence-corrected chi connectivity index (χ4v) is 9.87. The predicted octanol–water partition coefficient (Wildman–Crippen LogP) is 3.58. The van der Waals surface area contributed by atoms with Crippen LogP contribution in [-0.2, 0) is 4.79 Å². The minimum atomic E-state index is -0.817. The molecular formula is C30H44N2O5. The molecule has 0 spiro atoms. The summed E-state index contributed by atoms with van der Waals surface area (Å²) in [7, 11) is 0. The van der Waals surface area contributed by atoms with Gasteiger partial charge in [-0.15, -0.1) is 0 Å². The summed E-state index contributed by atoms with van der Waals surface area (Å²) < 4.78 is 5.21. The zero-order valence-corrected chi connectivity index (χ0v) is 22.5. The number of aliphatic hydroxyl groups is 2. The van der Waals surface area contributed by atoms with Gasteiger partial charge in [-0.05, 0) is 119 Å². The Morgan fingerprint density at radius 1 is 1.00 bits per heavy atom. The van der Waals surface area contributed by atoms with Gasteiger partial charge in [-0.2, -0.15) is 0 Å². The SMILES string of the molecule is C[C@]12CC[C@H](NC(=O)CN3CCCC3)C[C@@]1(O)CC[C@@H]1[C@@H]2CC[C@]2(C)[C@@H](c3ccc(=O)oc3)CC[C@]12O. The fraction of sp³-hybridized carbons (Fsp3) is 0.800. The summed E-state index contributed by atoms with van der Waals surface area (Å²) in [5, 5.41) is 27.8. The predicted molar refractivity (Wildman–Crippen MR) is 140 cm³/mol. The van der Waals surface area contributed by atoms with Crippen molar-refractivity contribution in [3.8, 4) is 0 Å². The van der Waals surface area contributed by atoms with Crippen LogP contribution in [0.2, 0.25) is 0 Å². The molecule has 4 aliphatic carbocycles. The highest BCUT2D eigenvalue weighted by atomic mass is 16.4. The Morgan fingerprint density at radius 3 is 2.46 bits per heavy atom. The summed E-state index contributed by atoms with van der Waals surface area (Å²) in [6, 6.07) is 3.39. The van der Waals surface area contributed by atoms with Crippen LogP contribution in [-0.4, -0.2) is 57.9 Å². The quantitative estimate of drug-likeness (QED) is 0.570. The molecule has 4 saturated carbocycles. The summed E-state index contributed by atoms with van der Waals surface area (Å²) in [6.45, 7) is 6.97. The average molecular weight is 513 g/mol. The van der Waals surface area contributed by atoms with Crippen LogP contribution < -0.4 is 10.9 Å². The van der Waals surface area contributed by atoms with Gasteiger partial charge in [-0.3, -0.25) is 9.69 Å². The summed E-state index contributed by atoms with van der Waals surface area (Å²) in [4.78, 5) is 26.5. The Hall–Kier alpha value is -1.70. The van der Waals surface area contributed by atoms with Crippen molar-refractivity contribution in [2.24, 2.45) is 22.7 Å². The first kappa shape index (κ1) is 25.6. The van der Waals surface area contributed by atoms with E-state index in [9.17, 15) is 19.8 Å². The van der Waals surface area contributed by atoms with E-state index in [4.69, 9.17) is 4.42 Å². The molecular weight excluding hydrogens is 468 g/mol. The Morgan fingerprint density at radius 2 is 1.73 bits per heavy atom. The van der Waals surface area contributed by atoms with Crippen molar-refractivity contribution in [1.82, 2.24) is 10.2 Å². The molecule has 6 rings (SSSR count). The van der Waals surface area contributed by atoms with E-state index in [0.717, 1.165) is 63.6 Å². The molecule has 7 heteroatoms. The molecule has 0 aromatic carbocycles. The largest absolute Gasteiger partial charge is 0.431 e. The highest BCUT2D eigenvalue weighted by molar-refractivity contribution is 5.78. The van der Waals surface area contributed by atoms with Crippen LogP contribution in [0.1, 0.15) is 96.0 Å². The maximum Gasteiger partial charge on any atom is 0.335 e. The van der Waals surface area contributed by atoms with E-state index in [2.05, 4.69) is 24.1 Å². The van der Waals surface area contributed by atoms with Gasteiger partial charge in [0.2, 0.25) is 5.91 Å². The molecule has 8 atom stereocenters. The Kier molecular flexibility index (Phi) is 6.16. The number of rotatable bonds is 4. The van der Waals surface area contributed by atoms with Crippen molar-refractivity contribution < 1.29 is 19.4 Å². The molecule has 0 radical (unpaired) electrons. The van der Waals surface area contributed by atoms with Crippen LogP contribution in [0.5, 0.6) is 0 Å². The maximum absolute atomic E-state index is 12.7. The van der Waals surface area contributed by atoms with Crippen LogP contribution >= 0.6 is 0 Å². The van der Waals surface area contributed by atoms with Gasteiger partial charge >= 0.3 is 5.63 Å². The van der Waals surface area contributed by atoms with Crippen molar-refractivity contribution in [3.63, 3.8) is 0 Å². The topological polar surface area (TPSA) is 103 Å². The number of nitrogens with zero attached hydrogens (tertiary/aromatic N) is 1. The Balaban J connectivity index is 1.19. The van der Waals surface area contributed by atoms with Crippen molar-refractivity contribution in [2.45, 2.75) is 108 Å². The van der Waals surface area contributed by atoms with E-state index >= 15 is 0 Å². The van der Waals surface area contributed by atoms with Gasteiger partial charge in [-0.25, -0.2) is 4.79 Å². The second-order valence-electron chi connectivity index (χ2n) is 13.6. The molecule has 1 amide bonds. The number of carbonyl (C=O) groups excluding carboxylic acids is 1. The summed E-state index contributed by atoms with van der Waals surface area (Å²) >= 11 is 0. The molecule has 0 unspecified atom stereocenters. The van der Waals surface area contributed by atoms with E-state index < -0.39 is 11.2 Å². The molecule has 1 aromatic heterocycles. The van der Waals surface area contributed by atoms with Crippen molar-refractivity contribution >= 4 is 5.91 Å². The van der Waals surface area contributed by atoms with Crippen LogP contribution in [0.3, 0.4) is 0 Å². The second kappa shape index (κ2) is 8.92. The minimum Gasteiger partial charge on any atom is -0.431 e. The number of likely N-dealkylation sites (tertiary alicyclic amines) is 1. The molecule has 204 valence electrons. The lowest BCUT2D eigenvalue weighted by molar-refractivity contribution is -0.247. The monoisotopic (exact) mass is 512 g/mol. The van der Waals surface area contributed by atoms with Gasteiger partial charge in [0, 0.05) is 17.5 Å². The smallest absolute Gasteiger partial charge is 0.335 e. The van der Waals surface area contributed by atoms with Gasteiger partial charge in [0.25, 0.3) is 0 Å². The lowest BCUT2D eigenvalue weighted by Gasteiger charge is -2.66. The third-order valence-corrected chi connectivity index (χ3v) is 12.0.